The summed E-state index contributed by atoms with van der Waals surface area (Å²) < 4.78 is 5.22. The molecule has 120 valence electrons. The van der Waals surface area contributed by atoms with Gasteiger partial charge in [-0.05, 0) is 19.4 Å². The van der Waals surface area contributed by atoms with Gasteiger partial charge in [-0.15, -0.1) is 0 Å². The molecule has 2 nitrogen and oxygen atoms in total. The van der Waals surface area contributed by atoms with Crippen LogP contribution in [0.3, 0.4) is 0 Å². The molecule has 2 atom stereocenters. The van der Waals surface area contributed by atoms with Gasteiger partial charge in [0.1, 0.15) is 0 Å². The molecule has 0 radical (unpaired) electrons. The van der Waals surface area contributed by atoms with E-state index < -0.39 is 0 Å². The van der Waals surface area contributed by atoms with E-state index >= 15 is 0 Å². The van der Waals surface area contributed by atoms with Gasteiger partial charge < -0.3 is 10.1 Å². The van der Waals surface area contributed by atoms with Crippen LogP contribution < -0.4 is 5.32 Å². The fraction of sp³-hybridized carbons (Fsp3) is 1.00. The normalized spacial score (nSPS) is 26.7. The minimum atomic E-state index is 0.710. The molecule has 3 heteroatoms. The summed E-state index contributed by atoms with van der Waals surface area (Å²) in [6.07, 6.45) is 14.2. The molecule has 1 aliphatic carbocycles. The van der Waals surface area contributed by atoms with E-state index in [-0.39, 0.29) is 0 Å². The largest absolute Gasteiger partial charge is 0.384 e. The maximum atomic E-state index is 5.22. The van der Waals surface area contributed by atoms with E-state index in [4.69, 9.17) is 4.74 Å². The Kier molecular flexibility index (Phi) is 11.9. The zero-order valence-electron chi connectivity index (χ0n) is 13.7. The van der Waals surface area contributed by atoms with Crippen LogP contribution in [0.4, 0.5) is 0 Å². The van der Waals surface area contributed by atoms with Crippen molar-refractivity contribution in [3.63, 3.8) is 0 Å². The van der Waals surface area contributed by atoms with Crippen LogP contribution >= 0.6 is 11.8 Å². The molecule has 1 saturated carbocycles. The van der Waals surface area contributed by atoms with Crippen LogP contribution in [-0.4, -0.2) is 37.3 Å². The lowest BCUT2D eigenvalue weighted by atomic mass is 9.97. The predicted octanol–water partition coefficient (Wildman–Crippen LogP) is 4.63. The van der Waals surface area contributed by atoms with Crippen molar-refractivity contribution in [2.24, 2.45) is 0 Å². The fourth-order valence-corrected chi connectivity index (χ4v) is 4.50. The number of methoxy groups -OCH3 is 1. The summed E-state index contributed by atoms with van der Waals surface area (Å²) in [5.74, 6) is 1.14. The summed E-state index contributed by atoms with van der Waals surface area (Å²) in [6, 6.07) is 0.710. The summed E-state index contributed by atoms with van der Waals surface area (Å²) in [6.45, 7) is 4.24. The third-order valence-electron chi connectivity index (χ3n) is 4.29. The Morgan fingerprint density at radius 2 is 1.55 bits per heavy atom. The minimum absolute atomic E-state index is 0.710. The molecule has 0 amide bonds. The van der Waals surface area contributed by atoms with Crippen molar-refractivity contribution in [2.75, 3.05) is 26.0 Å². The SMILES string of the molecule is CCNC1CCCCCCCCCCC1SCCOC. The minimum Gasteiger partial charge on any atom is -0.384 e. The first-order valence-corrected chi connectivity index (χ1v) is 9.77. The molecule has 0 aromatic rings. The highest BCUT2D eigenvalue weighted by molar-refractivity contribution is 7.99. The van der Waals surface area contributed by atoms with Crippen molar-refractivity contribution >= 4 is 11.8 Å². The molecular weight excluding hydrogens is 266 g/mol. The van der Waals surface area contributed by atoms with E-state index in [1.165, 1.54) is 64.2 Å². The van der Waals surface area contributed by atoms with Crippen LogP contribution in [0.2, 0.25) is 0 Å². The van der Waals surface area contributed by atoms with E-state index in [9.17, 15) is 0 Å². The Morgan fingerprint density at radius 1 is 0.950 bits per heavy atom. The monoisotopic (exact) mass is 301 g/mol. The second kappa shape index (κ2) is 13.0. The zero-order chi connectivity index (χ0) is 14.5. The molecule has 0 heterocycles. The highest BCUT2D eigenvalue weighted by atomic mass is 32.2. The first kappa shape index (κ1) is 18.3. The van der Waals surface area contributed by atoms with Gasteiger partial charge in [0, 0.05) is 24.2 Å². The third-order valence-corrected chi connectivity index (χ3v) is 5.68. The molecule has 0 aromatic carbocycles. The van der Waals surface area contributed by atoms with Crippen LogP contribution in [0.1, 0.15) is 71.1 Å². The molecule has 1 fully saturated rings. The third kappa shape index (κ3) is 8.53. The van der Waals surface area contributed by atoms with Crippen molar-refractivity contribution < 1.29 is 4.74 Å². The summed E-state index contributed by atoms with van der Waals surface area (Å²) in [5.41, 5.74) is 0. The van der Waals surface area contributed by atoms with Gasteiger partial charge in [0.25, 0.3) is 0 Å². The molecule has 0 saturated heterocycles. The van der Waals surface area contributed by atoms with Gasteiger partial charge in [-0.3, -0.25) is 0 Å². The fourth-order valence-electron chi connectivity index (χ4n) is 3.14. The summed E-state index contributed by atoms with van der Waals surface area (Å²) >= 11 is 2.13. The van der Waals surface area contributed by atoms with E-state index in [1.807, 2.05) is 7.11 Å². The Bertz CT molecular complexity index is 213. The Labute approximate surface area is 130 Å². The lowest BCUT2D eigenvalue weighted by Crippen LogP contribution is -2.38. The average Bonchev–Trinajstić information content (AvgIpc) is 2.44. The van der Waals surface area contributed by atoms with Gasteiger partial charge in [-0.1, -0.05) is 58.3 Å². The molecular formula is C17H35NOS. The number of rotatable bonds is 6. The number of ether oxygens (including phenoxy) is 1. The van der Waals surface area contributed by atoms with E-state index in [1.54, 1.807) is 0 Å². The number of nitrogens with one attached hydrogen (secondary N) is 1. The van der Waals surface area contributed by atoms with Gasteiger partial charge in [0.05, 0.1) is 6.61 Å². The smallest absolute Gasteiger partial charge is 0.0553 e. The number of hydrogen-bond acceptors (Lipinski definition) is 3. The van der Waals surface area contributed by atoms with Crippen molar-refractivity contribution in [3.05, 3.63) is 0 Å². The standard InChI is InChI=1S/C17H35NOS/c1-3-18-16-12-10-8-6-4-5-7-9-11-13-17(16)20-15-14-19-2/h16-18H,3-15H2,1-2H3. The summed E-state index contributed by atoms with van der Waals surface area (Å²) in [4.78, 5) is 0. The van der Waals surface area contributed by atoms with Crippen LogP contribution in [-0.2, 0) is 4.74 Å². The molecule has 0 spiro atoms. The van der Waals surface area contributed by atoms with Crippen molar-refractivity contribution in [3.8, 4) is 0 Å². The van der Waals surface area contributed by atoms with Gasteiger partial charge in [0.2, 0.25) is 0 Å². The molecule has 20 heavy (non-hydrogen) atoms. The molecule has 1 N–H and O–H groups in total. The lowest BCUT2D eigenvalue weighted by Gasteiger charge is -2.28. The first-order chi connectivity index (χ1) is 9.88. The molecule has 1 rings (SSSR count). The molecule has 0 aliphatic heterocycles. The van der Waals surface area contributed by atoms with Crippen LogP contribution in [0.5, 0.6) is 0 Å². The molecule has 2 unspecified atom stereocenters. The quantitative estimate of drug-likeness (QED) is 0.723. The van der Waals surface area contributed by atoms with Gasteiger partial charge in [0.15, 0.2) is 0 Å². The molecule has 0 bridgehead atoms. The van der Waals surface area contributed by atoms with E-state index in [0.29, 0.717) is 6.04 Å². The highest BCUT2D eigenvalue weighted by Crippen LogP contribution is 2.26. The number of hydrogen-bond donors (Lipinski definition) is 1. The van der Waals surface area contributed by atoms with Gasteiger partial charge in [-0.25, -0.2) is 0 Å². The maximum absolute atomic E-state index is 5.22. The van der Waals surface area contributed by atoms with E-state index in [0.717, 1.165) is 24.2 Å². The summed E-state index contributed by atoms with van der Waals surface area (Å²) in [7, 11) is 1.81. The number of thioether (sulfide) groups is 1. The Balaban J connectivity index is 2.47. The average molecular weight is 302 g/mol. The van der Waals surface area contributed by atoms with E-state index in [2.05, 4.69) is 24.0 Å². The van der Waals surface area contributed by atoms with Crippen LogP contribution in [0.25, 0.3) is 0 Å². The molecule has 1 aliphatic rings. The Hall–Kier alpha value is 0.270. The van der Waals surface area contributed by atoms with Crippen LogP contribution in [0.15, 0.2) is 0 Å². The second-order valence-electron chi connectivity index (χ2n) is 5.97. The second-order valence-corrected chi connectivity index (χ2v) is 7.32. The van der Waals surface area contributed by atoms with Crippen molar-refractivity contribution in [1.82, 2.24) is 5.32 Å². The highest BCUT2D eigenvalue weighted by Gasteiger charge is 2.20. The van der Waals surface area contributed by atoms with Crippen molar-refractivity contribution in [1.29, 1.82) is 0 Å². The predicted molar refractivity (Wildman–Crippen MR) is 91.8 cm³/mol. The summed E-state index contributed by atoms with van der Waals surface area (Å²) in [5, 5.41) is 4.53. The topological polar surface area (TPSA) is 21.3 Å². The van der Waals surface area contributed by atoms with Crippen LogP contribution in [0, 0.1) is 0 Å². The lowest BCUT2D eigenvalue weighted by molar-refractivity contribution is 0.218. The first-order valence-electron chi connectivity index (χ1n) is 8.72. The Morgan fingerprint density at radius 3 is 2.15 bits per heavy atom. The van der Waals surface area contributed by atoms with Gasteiger partial charge >= 0.3 is 0 Å². The van der Waals surface area contributed by atoms with Crippen molar-refractivity contribution in [2.45, 2.75) is 82.4 Å². The zero-order valence-corrected chi connectivity index (χ0v) is 14.5. The van der Waals surface area contributed by atoms with Gasteiger partial charge in [-0.2, -0.15) is 11.8 Å². The molecule has 0 aromatic heterocycles. The maximum Gasteiger partial charge on any atom is 0.0553 e.